The number of non-ortho nitro benzene ring substituents is 1. The van der Waals surface area contributed by atoms with Crippen LogP contribution in [0.15, 0.2) is 29.2 Å². The number of aryl methyl sites for hydroxylation is 2. The summed E-state index contributed by atoms with van der Waals surface area (Å²) in [7, 11) is -3.94. The minimum atomic E-state index is -3.94. The Morgan fingerprint density at radius 2 is 1.83 bits per heavy atom. The van der Waals surface area contributed by atoms with Gasteiger partial charge < -0.3 is 9.64 Å². The molecule has 1 aliphatic rings. The van der Waals surface area contributed by atoms with Gasteiger partial charge >= 0.3 is 5.97 Å². The number of nitro benzene ring substituents is 1. The number of benzene rings is 1. The number of esters is 1. The maximum atomic E-state index is 13.5. The number of carbonyl (C=O) groups is 2. The molecule has 13 heteroatoms. The van der Waals surface area contributed by atoms with Gasteiger partial charge in [-0.2, -0.15) is 4.31 Å². The van der Waals surface area contributed by atoms with Gasteiger partial charge in [0.1, 0.15) is 17.1 Å². The standard InChI is InChI=1S/C23H29N5O7S/c1-5-7-19-20(23(30)35-6-2)21(25-16(4)24-19)22(29)26-12-13-27(15(3)14-26)36(33,34)18-10-8-17(9-11-18)28(31)32/h8-11,15H,5-7,12-14H2,1-4H3. The Kier molecular flexibility index (Phi) is 8.35. The Labute approximate surface area is 209 Å². The third kappa shape index (κ3) is 5.51. The van der Waals surface area contributed by atoms with Crippen molar-refractivity contribution < 1.29 is 27.7 Å². The summed E-state index contributed by atoms with van der Waals surface area (Å²) in [5.41, 5.74) is 0.225. The smallest absolute Gasteiger partial charge is 0.342 e. The Hall–Kier alpha value is -3.45. The summed E-state index contributed by atoms with van der Waals surface area (Å²) in [5.74, 6) is -0.820. The average molecular weight is 520 g/mol. The lowest BCUT2D eigenvalue weighted by molar-refractivity contribution is -0.384. The monoisotopic (exact) mass is 519 g/mol. The maximum absolute atomic E-state index is 13.5. The van der Waals surface area contributed by atoms with Crippen molar-refractivity contribution in [2.75, 3.05) is 26.2 Å². The van der Waals surface area contributed by atoms with E-state index in [4.69, 9.17) is 4.74 Å². The Morgan fingerprint density at radius 3 is 2.39 bits per heavy atom. The minimum Gasteiger partial charge on any atom is -0.462 e. The van der Waals surface area contributed by atoms with Crippen LogP contribution in [-0.4, -0.2) is 76.7 Å². The number of amides is 1. The predicted molar refractivity (Wildman–Crippen MR) is 129 cm³/mol. The van der Waals surface area contributed by atoms with Crippen LogP contribution in [0.5, 0.6) is 0 Å². The van der Waals surface area contributed by atoms with E-state index >= 15 is 0 Å². The molecule has 1 unspecified atom stereocenters. The van der Waals surface area contributed by atoms with E-state index in [1.165, 1.54) is 21.3 Å². The van der Waals surface area contributed by atoms with E-state index in [-0.39, 0.29) is 48.1 Å². The number of hydrogen-bond acceptors (Lipinski definition) is 9. The number of ether oxygens (including phenoxy) is 1. The lowest BCUT2D eigenvalue weighted by Crippen LogP contribution is -2.55. The highest BCUT2D eigenvalue weighted by Crippen LogP contribution is 2.25. The Bertz CT molecular complexity index is 1260. The van der Waals surface area contributed by atoms with E-state index in [1.54, 1.807) is 20.8 Å². The highest BCUT2D eigenvalue weighted by molar-refractivity contribution is 7.89. The molecule has 1 aromatic carbocycles. The summed E-state index contributed by atoms with van der Waals surface area (Å²) >= 11 is 0. The topological polar surface area (TPSA) is 153 Å². The normalized spacial score (nSPS) is 16.6. The molecule has 1 aliphatic heterocycles. The summed E-state index contributed by atoms with van der Waals surface area (Å²) in [6, 6.07) is 4.08. The van der Waals surface area contributed by atoms with E-state index < -0.39 is 32.9 Å². The van der Waals surface area contributed by atoms with Crippen LogP contribution in [0, 0.1) is 17.0 Å². The molecule has 1 saturated heterocycles. The van der Waals surface area contributed by atoms with Gasteiger partial charge in [0.25, 0.3) is 11.6 Å². The Balaban J connectivity index is 1.87. The highest BCUT2D eigenvalue weighted by Gasteiger charge is 2.37. The van der Waals surface area contributed by atoms with Crippen molar-refractivity contribution in [1.82, 2.24) is 19.2 Å². The van der Waals surface area contributed by atoms with Crippen molar-refractivity contribution in [3.05, 3.63) is 57.2 Å². The van der Waals surface area contributed by atoms with Gasteiger partial charge in [0, 0.05) is 37.8 Å². The van der Waals surface area contributed by atoms with Gasteiger partial charge in [-0.25, -0.2) is 23.2 Å². The molecule has 36 heavy (non-hydrogen) atoms. The number of carbonyl (C=O) groups excluding carboxylic acids is 2. The van der Waals surface area contributed by atoms with Crippen LogP contribution >= 0.6 is 0 Å². The first-order chi connectivity index (χ1) is 17.0. The fraction of sp³-hybridized carbons (Fsp3) is 0.478. The zero-order valence-electron chi connectivity index (χ0n) is 20.6. The number of piperazine rings is 1. The lowest BCUT2D eigenvalue weighted by Gasteiger charge is -2.39. The number of aromatic nitrogens is 2. The number of hydrogen-bond donors (Lipinski definition) is 0. The lowest BCUT2D eigenvalue weighted by atomic mass is 10.1. The first kappa shape index (κ1) is 27.1. The molecule has 1 amide bonds. The zero-order chi connectivity index (χ0) is 26.6. The minimum absolute atomic E-state index is 0.00680. The first-order valence-corrected chi connectivity index (χ1v) is 13.0. The van der Waals surface area contributed by atoms with Crippen molar-refractivity contribution in [3.8, 4) is 0 Å². The predicted octanol–water partition coefficient (Wildman–Crippen LogP) is 2.36. The molecule has 0 saturated carbocycles. The SMILES string of the molecule is CCCc1nc(C)nc(C(=O)N2CCN(S(=O)(=O)c3ccc([N+](=O)[O-])cc3)C(C)C2)c1C(=O)OCC. The molecule has 3 rings (SSSR count). The van der Waals surface area contributed by atoms with Gasteiger partial charge in [0.15, 0.2) is 0 Å². The van der Waals surface area contributed by atoms with E-state index in [2.05, 4.69) is 9.97 Å². The second-order valence-electron chi connectivity index (χ2n) is 8.38. The van der Waals surface area contributed by atoms with Crippen molar-refractivity contribution in [2.45, 2.75) is 51.5 Å². The van der Waals surface area contributed by atoms with Crippen LogP contribution in [0.3, 0.4) is 0 Å². The van der Waals surface area contributed by atoms with Crippen LogP contribution in [0.25, 0.3) is 0 Å². The third-order valence-corrected chi connectivity index (χ3v) is 7.80. The van der Waals surface area contributed by atoms with Crippen LogP contribution in [0.2, 0.25) is 0 Å². The van der Waals surface area contributed by atoms with Crippen LogP contribution in [-0.2, 0) is 21.2 Å². The number of nitrogens with zero attached hydrogens (tertiary/aromatic N) is 5. The van der Waals surface area contributed by atoms with Gasteiger partial charge in [-0.1, -0.05) is 13.3 Å². The summed E-state index contributed by atoms with van der Waals surface area (Å²) in [6.07, 6.45) is 1.17. The summed E-state index contributed by atoms with van der Waals surface area (Å²) in [5, 5.41) is 10.9. The van der Waals surface area contributed by atoms with Gasteiger partial charge in [0.2, 0.25) is 10.0 Å². The van der Waals surface area contributed by atoms with E-state index in [1.807, 2.05) is 6.92 Å². The molecule has 2 heterocycles. The molecule has 1 atom stereocenters. The van der Waals surface area contributed by atoms with Crippen LogP contribution < -0.4 is 0 Å². The maximum Gasteiger partial charge on any atom is 0.342 e. The Morgan fingerprint density at radius 1 is 1.17 bits per heavy atom. The molecule has 0 N–H and O–H groups in total. The number of sulfonamides is 1. The summed E-state index contributed by atoms with van der Waals surface area (Å²) in [6.45, 7) is 7.18. The third-order valence-electron chi connectivity index (χ3n) is 5.77. The van der Waals surface area contributed by atoms with Crippen LogP contribution in [0.4, 0.5) is 5.69 Å². The second kappa shape index (κ2) is 11.1. The number of rotatable bonds is 8. The molecule has 2 aromatic rings. The van der Waals surface area contributed by atoms with Gasteiger partial charge in [-0.3, -0.25) is 14.9 Å². The van der Waals surface area contributed by atoms with Crippen LogP contribution in [0.1, 0.15) is 59.6 Å². The van der Waals surface area contributed by atoms with E-state index in [0.29, 0.717) is 24.4 Å². The van der Waals surface area contributed by atoms with E-state index in [0.717, 1.165) is 12.1 Å². The summed E-state index contributed by atoms with van der Waals surface area (Å²) in [4.78, 5) is 46.5. The fourth-order valence-corrected chi connectivity index (χ4v) is 5.74. The van der Waals surface area contributed by atoms with Crippen molar-refractivity contribution in [2.24, 2.45) is 0 Å². The molecular formula is C23H29N5O7S. The molecule has 1 fully saturated rings. The van der Waals surface area contributed by atoms with Gasteiger partial charge in [-0.15, -0.1) is 0 Å². The molecule has 0 spiro atoms. The molecule has 1 aromatic heterocycles. The van der Waals surface area contributed by atoms with Gasteiger partial charge in [0.05, 0.1) is 22.1 Å². The average Bonchev–Trinajstić information content (AvgIpc) is 2.83. The molecule has 0 radical (unpaired) electrons. The first-order valence-electron chi connectivity index (χ1n) is 11.6. The van der Waals surface area contributed by atoms with Gasteiger partial charge in [-0.05, 0) is 39.3 Å². The largest absolute Gasteiger partial charge is 0.462 e. The highest BCUT2D eigenvalue weighted by atomic mass is 32.2. The van der Waals surface area contributed by atoms with Crippen molar-refractivity contribution >= 4 is 27.6 Å². The van der Waals surface area contributed by atoms with Crippen molar-refractivity contribution in [1.29, 1.82) is 0 Å². The summed E-state index contributed by atoms with van der Waals surface area (Å²) < 4.78 is 32.8. The molecular weight excluding hydrogens is 490 g/mol. The fourth-order valence-electron chi connectivity index (χ4n) is 4.13. The molecule has 194 valence electrons. The zero-order valence-corrected chi connectivity index (χ0v) is 21.4. The number of nitro groups is 1. The van der Waals surface area contributed by atoms with Crippen molar-refractivity contribution in [3.63, 3.8) is 0 Å². The second-order valence-corrected chi connectivity index (χ2v) is 10.3. The molecule has 0 aliphatic carbocycles. The van der Waals surface area contributed by atoms with E-state index in [9.17, 15) is 28.1 Å². The quantitative estimate of drug-likeness (QED) is 0.290. The molecule has 0 bridgehead atoms. The molecule has 12 nitrogen and oxygen atoms in total.